The Morgan fingerprint density at radius 1 is 1.26 bits per heavy atom. The number of thiocarbonyl (C=S) groups is 1. The lowest BCUT2D eigenvalue weighted by atomic mass is 10.2. The first kappa shape index (κ1) is 14.3. The van der Waals surface area contributed by atoms with Crippen LogP contribution in [0.4, 0.5) is 0 Å². The molecule has 0 N–H and O–H groups in total. The van der Waals surface area contributed by atoms with Crippen LogP contribution < -0.4 is 0 Å². The highest BCUT2D eigenvalue weighted by Gasteiger charge is 2.31. The van der Waals surface area contributed by atoms with E-state index in [1.54, 1.807) is 4.90 Å². The van der Waals surface area contributed by atoms with E-state index >= 15 is 0 Å². The number of rotatable bonds is 5. The Kier molecular flexibility index (Phi) is 5.16. The Labute approximate surface area is 123 Å². The first-order valence-electron chi connectivity index (χ1n) is 6.53. The molecular weight excluding hydrogens is 274 g/mol. The average Bonchev–Trinajstić information content (AvgIpc) is 2.68. The Bertz CT molecular complexity index is 496. The zero-order valence-corrected chi connectivity index (χ0v) is 12.6. The van der Waals surface area contributed by atoms with Crippen molar-refractivity contribution in [2.24, 2.45) is 0 Å². The minimum atomic E-state index is 0.0509. The van der Waals surface area contributed by atoms with Gasteiger partial charge in [-0.25, -0.2) is 0 Å². The number of nitrogens with zero attached hydrogens (tertiary/aromatic N) is 1. The highest BCUT2D eigenvalue weighted by Crippen LogP contribution is 2.32. The Hall–Kier alpha value is -1.13. The van der Waals surface area contributed by atoms with Crippen LogP contribution in [0, 0.1) is 0 Å². The van der Waals surface area contributed by atoms with E-state index in [1.807, 2.05) is 36.4 Å². The van der Waals surface area contributed by atoms with Crippen LogP contribution in [-0.4, -0.2) is 21.7 Å². The highest BCUT2D eigenvalue weighted by molar-refractivity contribution is 8.26. The maximum atomic E-state index is 12.3. The van der Waals surface area contributed by atoms with E-state index < -0.39 is 0 Å². The highest BCUT2D eigenvalue weighted by atomic mass is 32.2. The van der Waals surface area contributed by atoms with Crippen molar-refractivity contribution in [1.29, 1.82) is 0 Å². The summed E-state index contributed by atoms with van der Waals surface area (Å²) in [5, 5.41) is 0. The number of hydrogen-bond donors (Lipinski definition) is 0. The molecule has 19 heavy (non-hydrogen) atoms. The molecular formula is C15H17NOS2. The van der Waals surface area contributed by atoms with Crippen LogP contribution in [0.1, 0.15) is 31.7 Å². The largest absolute Gasteiger partial charge is 0.293 e. The molecule has 2 nitrogen and oxygen atoms in total. The summed E-state index contributed by atoms with van der Waals surface area (Å²) < 4.78 is 0.684. The maximum absolute atomic E-state index is 12.3. The number of hydrogen-bond acceptors (Lipinski definition) is 3. The van der Waals surface area contributed by atoms with Crippen molar-refractivity contribution in [3.05, 3.63) is 40.8 Å². The van der Waals surface area contributed by atoms with Crippen LogP contribution in [0.15, 0.2) is 35.2 Å². The molecule has 1 aromatic carbocycles. The van der Waals surface area contributed by atoms with Crippen molar-refractivity contribution in [3.63, 3.8) is 0 Å². The van der Waals surface area contributed by atoms with Crippen LogP contribution in [-0.2, 0) is 4.79 Å². The van der Waals surface area contributed by atoms with Crippen LogP contribution in [0.5, 0.6) is 0 Å². The molecule has 1 aliphatic heterocycles. The van der Waals surface area contributed by atoms with Gasteiger partial charge in [-0.2, -0.15) is 0 Å². The summed E-state index contributed by atoms with van der Waals surface area (Å²) in [5.41, 5.74) is 1.04. The number of carbonyl (C=O) groups excluding carboxylic acids is 1. The van der Waals surface area contributed by atoms with Crippen LogP contribution in [0.25, 0.3) is 6.08 Å². The number of benzene rings is 1. The number of amides is 1. The van der Waals surface area contributed by atoms with Crippen LogP contribution in [0.2, 0.25) is 0 Å². The third-order valence-electron chi connectivity index (χ3n) is 2.96. The summed E-state index contributed by atoms with van der Waals surface area (Å²) in [7, 11) is 0. The molecule has 0 radical (unpaired) electrons. The average molecular weight is 291 g/mol. The molecule has 100 valence electrons. The first-order valence-corrected chi connectivity index (χ1v) is 7.75. The van der Waals surface area contributed by atoms with Gasteiger partial charge in [-0.05, 0) is 18.1 Å². The van der Waals surface area contributed by atoms with E-state index in [4.69, 9.17) is 12.2 Å². The lowest BCUT2D eigenvalue weighted by Crippen LogP contribution is -2.28. The van der Waals surface area contributed by atoms with Crippen molar-refractivity contribution in [2.75, 3.05) is 6.54 Å². The molecule has 2 rings (SSSR count). The van der Waals surface area contributed by atoms with Crippen LogP contribution in [0.3, 0.4) is 0 Å². The van der Waals surface area contributed by atoms with E-state index in [2.05, 4.69) is 6.92 Å². The molecule has 0 bridgehead atoms. The number of thioether (sulfide) groups is 1. The van der Waals surface area contributed by atoms with Crippen molar-refractivity contribution < 1.29 is 4.79 Å². The minimum absolute atomic E-state index is 0.0509. The molecule has 0 aliphatic carbocycles. The Morgan fingerprint density at radius 3 is 2.68 bits per heavy atom. The normalized spacial score (nSPS) is 17.5. The summed E-state index contributed by atoms with van der Waals surface area (Å²) in [5.74, 6) is 0.0509. The van der Waals surface area contributed by atoms with Crippen molar-refractivity contribution in [1.82, 2.24) is 4.90 Å². The summed E-state index contributed by atoms with van der Waals surface area (Å²) in [6.07, 6.45) is 5.21. The lowest BCUT2D eigenvalue weighted by Gasteiger charge is -2.13. The molecule has 1 amide bonds. The third kappa shape index (κ3) is 3.67. The fraction of sp³-hybridized carbons (Fsp3) is 0.333. The Balaban J connectivity index is 2.07. The summed E-state index contributed by atoms with van der Waals surface area (Å²) in [4.78, 5) is 14.7. The van der Waals surface area contributed by atoms with E-state index in [0.29, 0.717) is 4.32 Å². The fourth-order valence-corrected chi connectivity index (χ4v) is 3.22. The second-order valence-electron chi connectivity index (χ2n) is 4.45. The maximum Gasteiger partial charge on any atom is 0.266 e. The lowest BCUT2D eigenvalue weighted by molar-refractivity contribution is -0.122. The topological polar surface area (TPSA) is 20.3 Å². The summed E-state index contributed by atoms with van der Waals surface area (Å²) in [6.45, 7) is 2.89. The van der Waals surface area contributed by atoms with Gasteiger partial charge in [-0.15, -0.1) is 0 Å². The molecule has 0 spiro atoms. The zero-order valence-electron chi connectivity index (χ0n) is 11.0. The first-order chi connectivity index (χ1) is 9.22. The van der Waals surface area contributed by atoms with E-state index in [-0.39, 0.29) is 5.91 Å². The predicted molar refractivity (Wildman–Crippen MR) is 85.8 cm³/mol. The molecule has 1 fully saturated rings. The van der Waals surface area contributed by atoms with Crippen LogP contribution >= 0.6 is 24.0 Å². The van der Waals surface area contributed by atoms with Gasteiger partial charge in [0.1, 0.15) is 4.32 Å². The summed E-state index contributed by atoms with van der Waals surface area (Å²) in [6, 6.07) is 9.88. The zero-order chi connectivity index (χ0) is 13.7. The molecule has 1 heterocycles. The van der Waals surface area contributed by atoms with Gasteiger partial charge in [0.2, 0.25) is 0 Å². The second-order valence-corrected chi connectivity index (χ2v) is 6.13. The molecule has 4 heteroatoms. The summed E-state index contributed by atoms with van der Waals surface area (Å²) >= 11 is 6.69. The molecule has 0 aromatic heterocycles. The molecule has 0 unspecified atom stereocenters. The number of unbranched alkanes of at least 4 members (excludes halogenated alkanes) is 2. The minimum Gasteiger partial charge on any atom is -0.293 e. The van der Waals surface area contributed by atoms with E-state index in [0.717, 1.165) is 36.3 Å². The van der Waals surface area contributed by atoms with Gasteiger partial charge in [-0.1, -0.05) is 74.1 Å². The molecule has 1 aliphatic rings. The SMILES string of the molecule is CCCCCN1C(=O)/C(=C\c2ccccc2)SC1=S. The van der Waals surface area contributed by atoms with Gasteiger partial charge in [0.25, 0.3) is 5.91 Å². The van der Waals surface area contributed by atoms with Crippen molar-refractivity contribution in [2.45, 2.75) is 26.2 Å². The predicted octanol–water partition coefficient (Wildman–Crippen LogP) is 4.08. The second kappa shape index (κ2) is 6.87. The third-order valence-corrected chi connectivity index (χ3v) is 4.33. The van der Waals surface area contributed by atoms with Gasteiger partial charge in [0, 0.05) is 6.54 Å². The Morgan fingerprint density at radius 2 is 2.00 bits per heavy atom. The molecule has 0 atom stereocenters. The quantitative estimate of drug-likeness (QED) is 0.463. The van der Waals surface area contributed by atoms with E-state index in [1.165, 1.54) is 11.8 Å². The molecule has 0 saturated carbocycles. The molecule has 1 saturated heterocycles. The number of carbonyl (C=O) groups is 1. The van der Waals surface area contributed by atoms with Gasteiger partial charge >= 0.3 is 0 Å². The van der Waals surface area contributed by atoms with Gasteiger partial charge in [0.15, 0.2) is 0 Å². The fourth-order valence-electron chi connectivity index (χ4n) is 1.91. The van der Waals surface area contributed by atoms with Gasteiger partial charge in [-0.3, -0.25) is 9.69 Å². The monoisotopic (exact) mass is 291 g/mol. The smallest absolute Gasteiger partial charge is 0.266 e. The molecule has 1 aromatic rings. The van der Waals surface area contributed by atoms with E-state index in [9.17, 15) is 4.79 Å². The van der Waals surface area contributed by atoms with Crippen molar-refractivity contribution >= 4 is 40.3 Å². The standard InChI is InChI=1S/C15H17NOS2/c1-2-3-7-10-16-14(17)13(19-15(16)18)11-12-8-5-4-6-9-12/h4-6,8-9,11H,2-3,7,10H2,1H3/b13-11+. The van der Waals surface area contributed by atoms with Gasteiger partial charge in [0.05, 0.1) is 4.91 Å². The van der Waals surface area contributed by atoms with Gasteiger partial charge < -0.3 is 0 Å². The van der Waals surface area contributed by atoms with Crippen molar-refractivity contribution in [3.8, 4) is 0 Å².